The van der Waals surface area contributed by atoms with Crippen molar-refractivity contribution in [3.8, 4) is 44.5 Å². The number of aromatic nitrogens is 2. The van der Waals surface area contributed by atoms with E-state index < -0.39 is 0 Å². The molecule has 0 saturated carbocycles. The number of fused-ring (bicyclic) bond motifs is 18. The Balaban J connectivity index is 0.897. The predicted octanol–water partition coefficient (Wildman–Crippen LogP) is 25.4. The van der Waals surface area contributed by atoms with E-state index in [4.69, 9.17) is 8.83 Å². The van der Waals surface area contributed by atoms with Crippen LogP contribution in [0.3, 0.4) is 0 Å². The van der Waals surface area contributed by atoms with Crippen LogP contribution in [0.15, 0.2) is 336 Å². The Morgan fingerprint density at radius 3 is 1.00 bits per heavy atom. The Morgan fingerprint density at radius 1 is 0.229 bits per heavy atom. The fourth-order valence-electron chi connectivity index (χ4n) is 16.4. The normalized spacial score (nSPS) is 12.2. The summed E-state index contributed by atoms with van der Waals surface area (Å²) in [7, 11) is 0. The Kier molecular flexibility index (Phi) is 11.1. The fourth-order valence-corrected chi connectivity index (χ4v) is 16.4. The van der Waals surface area contributed by atoms with Crippen LogP contribution in [0.1, 0.15) is 0 Å². The largest absolute Gasteiger partial charge is 0.454 e. The maximum Gasteiger partial charge on any atom is 0.159 e. The standard InChI is InChI=1S/C90H54N4O2/c1-5-25-55(26-6-1)61-33-13-17-43-73(61)91(75-45-23-39-69-65-35-15-19-47-79(65)95-89(69)75)59-49-51-63-67-37-21-41-71-83-82(58-31-11-4-12-32-58)88-84(81(57-29-9-3-10-30-57)87(83)93(85(67)71)77(63)53-59)72-42-22-38-68-64-52-50-60(54-78(64)94(88)86(68)72)92(74-44-18-14-34-62(74)56-27-7-2-8-28-56)76-46-24-40-70-66-36-16-20-48-80(66)96-90(70)76/h1-54H. The van der Waals surface area contributed by atoms with E-state index in [-0.39, 0.29) is 0 Å². The van der Waals surface area contributed by atoms with Gasteiger partial charge in [0.2, 0.25) is 0 Å². The maximum atomic E-state index is 6.97. The first-order valence-corrected chi connectivity index (χ1v) is 32.9. The highest BCUT2D eigenvalue weighted by Crippen LogP contribution is 2.56. The van der Waals surface area contributed by atoms with Crippen molar-refractivity contribution in [1.29, 1.82) is 0 Å². The minimum absolute atomic E-state index is 0.833. The molecule has 0 bridgehead atoms. The van der Waals surface area contributed by atoms with E-state index in [0.717, 1.165) is 122 Å². The molecule has 446 valence electrons. The molecule has 0 aliphatic heterocycles. The van der Waals surface area contributed by atoms with Gasteiger partial charge in [-0.2, -0.15) is 0 Å². The summed E-state index contributed by atoms with van der Waals surface area (Å²) in [5.74, 6) is 0. The summed E-state index contributed by atoms with van der Waals surface area (Å²) in [6.45, 7) is 0. The SMILES string of the molecule is c1ccc(-c2ccccc2N(c2ccc3c4cccc5c6c(-c7ccccc7)c7c(c(-c8ccccc8)c6n(c3c2)c45)c2cccc3c4ccc(N(c5ccccc5-c5ccccc5)c5cccc6c5oc5ccccc56)cc4n7c32)c2cccc3c2oc2ccccc23)cc1. The average Bonchev–Trinajstić information content (AvgIpc) is 1.46. The molecule has 0 amide bonds. The molecule has 6 heteroatoms. The summed E-state index contributed by atoms with van der Waals surface area (Å²) in [5.41, 5.74) is 25.5. The maximum absolute atomic E-state index is 6.97. The van der Waals surface area contributed by atoms with Crippen molar-refractivity contribution in [2.45, 2.75) is 0 Å². The van der Waals surface area contributed by atoms with Crippen LogP contribution in [0.5, 0.6) is 0 Å². The Morgan fingerprint density at radius 2 is 0.562 bits per heavy atom. The second kappa shape index (κ2) is 20.3. The van der Waals surface area contributed by atoms with E-state index in [1.165, 1.54) is 76.3 Å². The Hall–Kier alpha value is -12.9. The van der Waals surface area contributed by atoms with Gasteiger partial charge in [-0.25, -0.2) is 0 Å². The van der Waals surface area contributed by atoms with E-state index in [0.29, 0.717) is 0 Å². The highest BCUT2D eigenvalue weighted by atomic mass is 16.3. The summed E-state index contributed by atoms with van der Waals surface area (Å²) in [4.78, 5) is 4.85. The van der Waals surface area contributed by atoms with E-state index in [2.05, 4.69) is 346 Å². The van der Waals surface area contributed by atoms with Crippen molar-refractivity contribution >= 4 is 154 Å². The first kappa shape index (κ1) is 52.7. The Bertz CT molecular complexity index is 6290. The van der Waals surface area contributed by atoms with Gasteiger partial charge in [0, 0.05) is 98.3 Å². The van der Waals surface area contributed by atoms with Crippen molar-refractivity contribution in [3.05, 3.63) is 328 Å². The number of hydrogen-bond acceptors (Lipinski definition) is 4. The van der Waals surface area contributed by atoms with Gasteiger partial charge in [0.25, 0.3) is 0 Å². The molecule has 6 heterocycles. The van der Waals surface area contributed by atoms with Crippen LogP contribution < -0.4 is 9.80 Å². The zero-order valence-electron chi connectivity index (χ0n) is 51.8. The molecule has 0 spiro atoms. The second-order valence-corrected chi connectivity index (χ2v) is 25.3. The lowest BCUT2D eigenvalue weighted by Crippen LogP contribution is -2.11. The molecule has 21 aromatic rings. The molecule has 0 N–H and O–H groups in total. The van der Waals surface area contributed by atoms with Crippen LogP contribution in [0.2, 0.25) is 0 Å². The van der Waals surface area contributed by atoms with E-state index in [1.807, 2.05) is 0 Å². The van der Waals surface area contributed by atoms with E-state index in [9.17, 15) is 0 Å². The third-order valence-corrected chi connectivity index (χ3v) is 20.3. The highest BCUT2D eigenvalue weighted by molar-refractivity contribution is 6.38. The molecule has 0 unspecified atom stereocenters. The molecule has 0 aliphatic carbocycles. The van der Waals surface area contributed by atoms with Gasteiger partial charge in [0.1, 0.15) is 11.2 Å². The molecule has 15 aromatic carbocycles. The molecule has 96 heavy (non-hydrogen) atoms. The molecular formula is C90H54N4O2. The van der Waals surface area contributed by atoms with Crippen LogP contribution >= 0.6 is 0 Å². The van der Waals surface area contributed by atoms with Gasteiger partial charge >= 0.3 is 0 Å². The molecule has 6 nitrogen and oxygen atoms in total. The van der Waals surface area contributed by atoms with Crippen molar-refractivity contribution in [2.75, 3.05) is 9.80 Å². The third kappa shape index (κ3) is 7.40. The first-order chi connectivity index (χ1) is 47.7. The van der Waals surface area contributed by atoms with Crippen molar-refractivity contribution in [1.82, 2.24) is 8.80 Å². The lowest BCUT2D eigenvalue weighted by atomic mass is 9.89. The monoisotopic (exact) mass is 1220 g/mol. The molecule has 0 fully saturated rings. The van der Waals surface area contributed by atoms with Crippen molar-refractivity contribution < 1.29 is 8.83 Å². The van der Waals surface area contributed by atoms with Gasteiger partial charge in [0.05, 0.1) is 55.8 Å². The third-order valence-electron chi connectivity index (χ3n) is 20.3. The van der Waals surface area contributed by atoms with Gasteiger partial charge < -0.3 is 27.4 Å². The van der Waals surface area contributed by atoms with Crippen LogP contribution in [-0.2, 0) is 0 Å². The van der Waals surface area contributed by atoms with Crippen LogP contribution in [0, 0.1) is 0 Å². The van der Waals surface area contributed by atoms with Crippen molar-refractivity contribution in [2.24, 2.45) is 0 Å². The number of benzene rings is 15. The lowest BCUT2D eigenvalue weighted by Gasteiger charge is -2.28. The lowest BCUT2D eigenvalue weighted by molar-refractivity contribution is 0.668. The quantitative estimate of drug-likeness (QED) is 0.137. The number of anilines is 6. The first-order valence-electron chi connectivity index (χ1n) is 32.9. The molecular weight excluding hydrogens is 1170 g/mol. The van der Waals surface area contributed by atoms with Gasteiger partial charge in [-0.05, 0) is 82.9 Å². The number of hydrogen-bond donors (Lipinski definition) is 0. The number of nitrogens with zero attached hydrogens (tertiary/aromatic N) is 4. The molecule has 0 saturated heterocycles. The summed E-state index contributed by atoms with van der Waals surface area (Å²) in [6.07, 6.45) is 0. The highest BCUT2D eigenvalue weighted by Gasteiger charge is 2.33. The molecule has 0 radical (unpaired) electrons. The summed E-state index contributed by atoms with van der Waals surface area (Å²) >= 11 is 0. The minimum atomic E-state index is 0.833. The average molecular weight is 1220 g/mol. The fraction of sp³-hybridized carbons (Fsp3) is 0. The van der Waals surface area contributed by atoms with Crippen molar-refractivity contribution in [3.63, 3.8) is 0 Å². The summed E-state index contributed by atoms with van der Waals surface area (Å²) in [6, 6.07) is 120. The van der Waals surface area contributed by atoms with Gasteiger partial charge in [-0.15, -0.1) is 0 Å². The number of furan rings is 2. The Labute approximate surface area is 550 Å². The van der Waals surface area contributed by atoms with Gasteiger partial charge in [0.15, 0.2) is 11.2 Å². The van der Waals surface area contributed by atoms with E-state index >= 15 is 0 Å². The zero-order valence-corrected chi connectivity index (χ0v) is 51.8. The zero-order chi connectivity index (χ0) is 62.7. The van der Waals surface area contributed by atoms with E-state index in [1.54, 1.807) is 0 Å². The number of para-hydroxylation sites is 8. The van der Waals surface area contributed by atoms with Crippen LogP contribution in [-0.4, -0.2) is 8.80 Å². The molecule has 6 aromatic heterocycles. The van der Waals surface area contributed by atoms with Crippen LogP contribution in [0.25, 0.3) is 165 Å². The minimum Gasteiger partial charge on any atom is -0.454 e. The number of rotatable bonds is 10. The molecule has 0 atom stereocenters. The van der Waals surface area contributed by atoms with Gasteiger partial charge in [-0.1, -0.05) is 267 Å². The summed E-state index contributed by atoms with van der Waals surface area (Å²) < 4.78 is 19.2. The topological polar surface area (TPSA) is 41.6 Å². The summed E-state index contributed by atoms with van der Waals surface area (Å²) in [5, 5.41) is 13.9. The smallest absolute Gasteiger partial charge is 0.159 e. The van der Waals surface area contributed by atoms with Crippen LogP contribution in [0.4, 0.5) is 34.1 Å². The van der Waals surface area contributed by atoms with Gasteiger partial charge in [-0.3, -0.25) is 0 Å². The molecule has 21 rings (SSSR count). The second-order valence-electron chi connectivity index (χ2n) is 25.3. The molecule has 0 aliphatic rings. The predicted molar refractivity (Wildman–Crippen MR) is 401 cm³/mol.